The van der Waals surface area contributed by atoms with Gasteiger partial charge in [-0.1, -0.05) is 19.3 Å². The molecule has 1 amide bonds. The van der Waals surface area contributed by atoms with Gasteiger partial charge in [0.05, 0.1) is 11.9 Å². The molecular formula is C16H19FN4O. The molecule has 1 saturated carbocycles. The monoisotopic (exact) mass is 302 g/mol. The molecule has 3 N–H and O–H groups in total. The summed E-state index contributed by atoms with van der Waals surface area (Å²) in [6.07, 6.45) is 7.57. The average molecular weight is 302 g/mol. The molecule has 0 radical (unpaired) electrons. The van der Waals surface area contributed by atoms with Gasteiger partial charge in [0.15, 0.2) is 0 Å². The van der Waals surface area contributed by atoms with Crippen LogP contribution in [0.3, 0.4) is 0 Å². The summed E-state index contributed by atoms with van der Waals surface area (Å²) in [5.74, 6) is -0.624. The number of halogens is 1. The van der Waals surface area contributed by atoms with Gasteiger partial charge in [-0.05, 0) is 37.1 Å². The predicted octanol–water partition coefficient (Wildman–Crippen LogP) is 3.55. The number of aromatic nitrogens is 2. The van der Waals surface area contributed by atoms with Crippen molar-refractivity contribution in [3.05, 3.63) is 42.0 Å². The Bertz CT molecular complexity index is 632. The van der Waals surface area contributed by atoms with E-state index in [1.54, 1.807) is 6.20 Å². The van der Waals surface area contributed by atoms with Crippen molar-refractivity contribution in [2.45, 2.75) is 38.1 Å². The number of hydrogen-bond donors (Lipinski definition) is 3. The van der Waals surface area contributed by atoms with E-state index in [4.69, 9.17) is 0 Å². The first-order valence-corrected chi connectivity index (χ1v) is 7.59. The van der Waals surface area contributed by atoms with E-state index in [2.05, 4.69) is 20.8 Å². The number of carbonyl (C=O) groups is 1. The number of hydrogen-bond acceptors (Lipinski definition) is 3. The van der Waals surface area contributed by atoms with Crippen LogP contribution >= 0.6 is 0 Å². The lowest BCUT2D eigenvalue weighted by Crippen LogP contribution is -2.24. The van der Waals surface area contributed by atoms with E-state index in [0.717, 1.165) is 12.8 Å². The molecule has 22 heavy (non-hydrogen) atoms. The number of anilines is 2. The van der Waals surface area contributed by atoms with E-state index in [1.165, 1.54) is 43.5 Å². The number of nitrogens with one attached hydrogen (secondary N) is 3. The van der Waals surface area contributed by atoms with Gasteiger partial charge in [-0.15, -0.1) is 0 Å². The minimum absolute atomic E-state index is 0.289. The van der Waals surface area contributed by atoms with Crippen molar-refractivity contribution in [3.8, 4) is 0 Å². The third kappa shape index (κ3) is 3.44. The first-order valence-electron chi connectivity index (χ1n) is 7.59. The number of nitrogens with zero attached hydrogens (tertiary/aromatic N) is 1. The maximum Gasteiger partial charge on any atom is 0.275 e. The van der Waals surface area contributed by atoms with Crippen LogP contribution in [0.1, 0.15) is 42.6 Å². The molecule has 1 heterocycles. The zero-order valence-corrected chi connectivity index (χ0v) is 12.2. The lowest BCUT2D eigenvalue weighted by Gasteiger charge is -2.23. The summed E-state index contributed by atoms with van der Waals surface area (Å²) < 4.78 is 12.9. The Morgan fingerprint density at radius 3 is 2.64 bits per heavy atom. The molecule has 0 bridgehead atoms. The molecule has 5 nitrogen and oxygen atoms in total. The van der Waals surface area contributed by atoms with Gasteiger partial charge < -0.3 is 10.6 Å². The van der Waals surface area contributed by atoms with E-state index in [-0.39, 0.29) is 11.7 Å². The zero-order valence-electron chi connectivity index (χ0n) is 12.2. The van der Waals surface area contributed by atoms with Crippen LogP contribution in [0.5, 0.6) is 0 Å². The highest BCUT2D eigenvalue weighted by atomic mass is 19.1. The molecule has 2 aromatic rings. The first kappa shape index (κ1) is 14.6. The quantitative estimate of drug-likeness (QED) is 0.809. The molecule has 0 unspecified atom stereocenters. The van der Waals surface area contributed by atoms with E-state index < -0.39 is 0 Å². The summed E-state index contributed by atoms with van der Waals surface area (Å²) in [5.41, 5.74) is 1.66. The summed E-state index contributed by atoms with van der Waals surface area (Å²) in [6.45, 7) is 0. The van der Waals surface area contributed by atoms with Crippen molar-refractivity contribution in [1.82, 2.24) is 10.2 Å². The van der Waals surface area contributed by atoms with Gasteiger partial charge in [0.2, 0.25) is 0 Å². The number of H-pyrrole nitrogens is 1. The Hall–Kier alpha value is -2.37. The highest BCUT2D eigenvalue weighted by Crippen LogP contribution is 2.23. The molecule has 1 aliphatic carbocycles. The molecule has 0 atom stereocenters. The van der Waals surface area contributed by atoms with Gasteiger partial charge in [0, 0.05) is 11.7 Å². The highest BCUT2D eigenvalue weighted by molar-refractivity contribution is 6.06. The summed E-state index contributed by atoms with van der Waals surface area (Å²) >= 11 is 0. The van der Waals surface area contributed by atoms with Crippen LogP contribution in [0.25, 0.3) is 0 Å². The first-order chi connectivity index (χ1) is 10.7. The fourth-order valence-electron chi connectivity index (χ4n) is 2.76. The van der Waals surface area contributed by atoms with Crippen molar-refractivity contribution < 1.29 is 9.18 Å². The Labute approximate surface area is 128 Å². The number of benzene rings is 1. The van der Waals surface area contributed by atoms with Crippen LogP contribution in [0.15, 0.2) is 30.5 Å². The number of carbonyl (C=O) groups excluding carboxylic acids is 1. The predicted molar refractivity (Wildman–Crippen MR) is 83.4 cm³/mol. The van der Waals surface area contributed by atoms with Crippen LogP contribution in [0, 0.1) is 5.82 Å². The van der Waals surface area contributed by atoms with Gasteiger partial charge in [-0.3, -0.25) is 9.89 Å². The van der Waals surface area contributed by atoms with Crippen LogP contribution in [-0.4, -0.2) is 22.1 Å². The summed E-state index contributed by atoms with van der Waals surface area (Å²) in [5, 5.41) is 12.8. The summed E-state index contributed by atoms with van der Waals surface area (Å²) in [6, 6.07) is 6.06. The van der Waals surface area contributed by atoms with Gasteiger partial charge in [0.25, 0.3) is 5.91 Å². The molecule has 0 spiro atoms. The fraction of sp³-hybridized carbons (Fsp3) is 0.375. The van der Waals surface area contributed by atoms with Crippen LogP contribution in [0.2, 0.25) is 0 Å². The SMILES string of the molecule is O=C(Nc1ccc(F)cc1)c1[nH]ncc1NC1CCCCC1. The molecule has 3 rings (SSSR count). The second-order valence-corrected chi connectivity index (χ2v) is 5.60. The molecule has 0 saturated heterocycles. The molecule has 1 aromatic carbocycles. The Kier molecular flexibility index (Phi) is 4.37. The van der Waals surface area contributed by atoms with E-state index in [0.29, 0.717) is 23.1 Å². The molecule has 1 aliphatic rings. The third-order valence-corrected chi connectivity index (χ3v) is 3.93. The van der Waals surface area contributed by atoms with Crippen molar-refractivity contribution in [1.29, 1.82) is 0 Å². The lowest BCUT2D eigenvalue weighted by atomic mass is 9.95. The minimum Gasteiger partial charge on any atom is -0.379 e. The Morgan fingerprint density at radius 2 is 1.91 bits per heavy atom. The highest BCUT2D eigenvalue weighted by Gasteiger charge is 2.19. The van der Waals surface area contributed by atoms with Crippen molar-refractivity contribution in [2.75, 3.05) is 10.6 Å². The van der Waals surface area contributed by atoms with Gasteiger partial charge in [-0.25, -0.2) is 4.39 Å². The molecule has 116 valence electrons. The van der Waals surface area contributed by atoms with Gasteiger partial charge >= 0.3 is 0 Å². The molecular weight excluding hydrogens is 283 g/mol. The third-order valence-electron chi connectivity index (χ3n) is 3.93. The topological polar surface area (TPSA) is 69.8 Å². The Morgan fingerprint density at radius 1 is 1.18 bits per heavy atom. The average Bonchev–Trinajstić information content (AvgIpc) is 2.99. The largest absolute Gasteiger partial charge is 0.379 e. The molecule has 1 fully saturated rings. The second kappa shape index (κ2) is 6.60. The van der Waals surface area contributed by atoms with E-state index >= 15 is 0 Å². The zero-order chi connectivity index (χ0) is 15.4. The fourth-order valence-corrected chi connectivity index (χ4v) is 2.76. The van der Waals surface area contributed by atoms with Crippen molar-refractivity contribution >= 4 is 17.3 Å². The van der Waals surface area contributed by atoms with Gasteiger partial charge in [-0.2, -0.15) is 5.10 Å². The lowest BCUT2D eigenvalue weighted by molar-refractivity contribution is 0.102. The van der Waals surface area contributed by atoms with E-state index in [9.17, 15) is 9.18 Å². The van der Waals surface area contributed by atoms with Gasteiger partial charge in [0.1, 0.15) is 11.5 Å². The number of aromatic amines is 1. The van der Waals surface area contributed by atoms with Crippen LogP contribution in [0.4, 0.5) is 15.8 Å². The van der Waals surface area contributed by atoms with Crippen LogP contribution < -0.4 is 10.6 Å². The van der Waals surface area contributed by atoms with E-state index in [1.807, 2.05) is 0 Å². The molecule has 1 aromatic heterocycles. The maximum absolute atomic E-state index is 12.9. The number of amides is 1. The summed E-state index contributed by atoms with van der Waals surface area (Å²) in [4.78, 5) is 12.3. The van der Waals surface area contributed by atoms with Crippen molar-refractivity contribution in [2.24, 2.45) is 0 Å². The number of rotatable bonds is 4. The minimum atomic E-state index is -0.334. The Balaban J connectivity index is 1.67. The van der Waals surface area contributed by atoms with Crippen molar-refractivity contribution in [3.63, 3.8) is 0 Å². The van der Waals surface area contributed by atoms with Crippen LogP contribution in [-0.2, 0) is 0 Å². The second-order valence-electron chi connectivity index (χ2n) is 5.60. The molecule has 6 heteroatoms. The normalized spacial score (nSPS) is 15.5. The molecule has 0 aliphatic heterocycles. The maximum atomic E-state index is 12.9. The smallest absolute Gasteiger partial charge is 0.275 e. The summed E-state index contributed by atoms with van der Waals surface area (Å²) in [7, 11) is 0. The standard InChI is InChI=1S/C16H19FN4O/c17-11-6-8-13(9-7-11)20-16(22)15-14(10-18-21-15)19-12-4-2-1-3-5-12/h6-10,12,19H,1-5H2,(H,18,21)(H,20,22).